The Morgan fingerprint density at radius 2 is 2.17 bits per heavy atom. The van der Waals surface area contributed by atoms with Crippen molar-refractivity contribution in [3.05, 3.63) is 0 Å². The van der Waals surface area contributed by atoms with Crippen LogP contribution < -0.4 is 0 Å². The number of nitriles is 1. The van der Waals surface area contributed by atoms with Gasteiger partial charge in [0.15, 0.2) is 0 Å². The lowest BCUT2D eigenvalue weighted by atomic mass is 9.86. The minimum atomic E-state index is -0.607. The molecule has 100 valence electrons. The molecule has 0 aromatic rings. The van der Waals surface area contributed by atoms with Crippen LogP contribution >= 0.6 is 0 Å². The topological polar surface area (TPSA) is 50.1 Å². The molecule has 2 saturated carbocycles. The normalized spacial score (nSPS) is 32.0. The smallest absolute Gasteiger partial charge is 0.306 e. The minimum absolute atomic E-state index is 0.122. The summed E-state index contributed by atoms with van der Waals surface area (Å²) in [5.74, 6) is 2.03. The van der Waals surface area contributed by atoms with Gasteiger partial charge in [-0.15, -0.1) is 0 Å². The fourth-order valence-corrected chi connectivity index (χ4v) is 3.32. The zero-order chi connectivity index (χ0) is 13.3. The number of nitrogens with zero attached hydrogens (tertiary/aromatic N) is 1. The van der Waals surface area contributed by atoms with Crippen LogP contribution in [0.4, 0.5) is 0 Å². The van der Waals surface area contributed by atoms with E-state index in [0.29, 0.717) is 12.3 Å². The molecule has 2 rings (SSSR count). The standard InChI is InChI=1S/C15H23NO2/c1-10(15(2,3)9-16)18-14(17)8-13-7-11-4-5-12(13)6-11/h10-13H,4-8H2,1-3H3/t10-,11-,12-,13+/m0/s1. The second-order valence-electron chi connectivity index (χ2n) is 6.60. The Bertz CT molecular complexity index is 369. The maximum atomic E-state index is 11.9. The molecule has 0 N–H and O–H groups in total. The van der Waals surface area contributed by atoms with Crippen molar-refractivity contribution in [2.75, 3.05) is 0 Å². The Labute approximate surface area is 110 Å². The molecule has 0 unspecified atom stereocenters. The minimum Gasteiger partial charge on any atom is -0.461 e. The third-order valence-corrected chi connectivity index (χ3v) is 4.93. The van der Waals surface area contributed by atoms with Crippen LogP contribution in [0.25, 0.3) is 0 Å². The van der Waals surface area contributed by atoms with E-state index in [1.807, 2.05) is 20.8 Å². The average molecular weight is 249 g/mol. The molecule has 0 aromatic heterocycles. The summed E-state index contributed by atoms with van der Waals surface area (Å²) < 4.78 is 5.41. The van der Waals surface area contributed by atoms with E-state index in [1.54, 1.807) is 0 Å². The Hall–Kier alpha value is -1.04. The number of carbonyl (C=O) groups excluding carboxylic acids is 1. The quantitative estimate of drug-likeness (QED) is 0.718. The molecule has 18 heavy (non-hydrogen) atoms. The molecular weight excluding hydrogens is 226 g/mol. The van der Waals surface area contributed by atoms with Crippen LogP contribution in [0.5, 0.6) is 0 Å². The summed E-state index contributed by atoms with van der Waals surface area (Å²) in [5, 5.41) is 9.01. The van der Waals surface area contributed by atoms with Gasteiger partial charge in [0.25, 0.3) is 0 Å². The number of carbonyl (C=O) groups is 1. The van der Waals surface area contributed by atoms with Gasteiger partial charge >= 0.3 is 5.97 Å². The van der Waals surface area contributed by atoms with Crippen molar-refractivity contribution >= 4 is 5.97 Å². The molecule has 3 heteroatoms. The van der Waals surface area contributed by atoms with E-state index < -0.39 is 5.41 Å². The first kappa shape index (κ1) is 13.4. The Kier molecular flexibility index (Phi) is 3.66. The molecule has 0 spiro atoms. The van der Waals surface area contributed by atoms with Crippen molar-refractivity contribution in [1.82, 2.24) is 0 Å². The fraction of sp³-hybridized carbons (Fsp3) is 0.867. The lowest BCUT2D eigenvalue weighted by Crippen LogP contribution is -2.31. The highest BCUT2D eigenvalue weighted by Crippen LogP contribution is 2.49. The lowest BCUT2D eigenvalue weighted by molar-refractivity contribution is -0.153. The van der Waals surface area contributed by atoms with Gasteiger partial charge in [0.2, 0.25) is 0 Å². The van der Waals surface area contributed by atoms with Crippen molar-refractivity contribution in [3.8, 4) is 6.07 Å². The van der Waals surface area contributed by atoms with Gasteiger partial charge in [0, 0.05) is 6.42 Å². The molecule has 0 saturated heterocycles. The van der Waals surface area contributed by atoms with Crippen LogP contribution in [-0.2, 0) is 9.53 Å². The zero-order valence-corrected chi connectivity index (χ0v) is 11.6. The number of hydrogen-bond donors (Lipinski definition) is 0. The van der Waals surface area contributed by atoms with Crippen molar-refractivity contribution in [2.45, 2.75) is 59.0 Å². The molecule has 0 aromatic carbocycles. The second kappa shape index (κ2) is 4.91. The molecule has 0 amide bonds. The van der Waals surface area contributed by atoms with Crippen LogP contribution in [0.1, 0.15) is 52.9 Å². The van der Waals surface area contributed by atoms with E-state index in [1.165, 1.54) is 25.7 Å². The first-order valence-corrected chi connectivity index (χ1v) is 7.03. The number of fused-ring (bicyclic) bond motifs is 2. The largest absolute Gasteiger partial charge is 0.461 e. The maximum absolute atomic E-state index is 11.9. The summed E-state index contributed by atoms with van der Waals surface area (Å²) in [6.07, 6.45) is 5.38. The highest BCUT2D eigenvalue weighted by Gasteiger charge is 2.41. The molecule has 2 bridgehead atoms. The van der Waals surface area contributed by atoms with E-state index in [-0.39, 0.29) is 12.1 Å². The van der Waals surface area contributed by atoms with E-state index >= 15 is 0 Å². The van der Waals surface area contributed by atoms with Gasteiger partial charge in [-0.2, -0.15) is 5.26 Å². The molecule has 0 heterocycles. The highest BCUT2D eigenvalue weighted by atomic mass is 16.5. The lowest BCUT2D eigenvalue weighted by Gasteiger charge is -2.26. The molecule has 2 fully saturated rings. The van der Waals surface area contributed by atoms with Gasteiger partial charge in [0.1, 0.15) is 6.10 Å². The van der Waals surface area contributed by atoms with Gasteiger partial charge in [0.05, 0.1) is 11.5 Å². The van der Waals surface area contributed by atoms with Crippen LogP contribution in [0.15, 0.2) is 0 Å². The summed E-state index contributed by atoms with van der Waals surface area (Å²) in [5.41, 5.74) is -0.607. The predicted octanol–water partition coefficient (Wildman–Crippen LogP) is 3.29. The van der Waals surface area contributed by atoms with E-state index in [2.05, 4.69) is 6.07 Å². The monoisotopic (exact) mass is 249 g/mol. The van der Waals surface area contributed by atoms with E-state index in [9.17, 15) is 4.79 Å². The second-order valence-corrected chi connectivity index (χ2v) is 6.60. The summed E-state index contributed by atoms with van der Waals surface area (Å²) in [7, 11) is 0. The van der Waals surface area contributed by atoms with Crippen LogP contribution in [0.3, 0.4) is 0 Å². The molecule has 2 aliphatic rings. The average Bonchev–Trinajstić information content (AvgIpc) is 2.90. The zero-order valence-electron chi connectivity index (χ0n) is 11.6. The Morgan fingerprint density at radius 1 is 1.44 bits per heavy atom. The Balaban J connectivity index is 1.81. The van der Waals surface area contributed by atoms with Crippen LogP contribution in [-0.4, -0.2) is 12.1 Å². The molecule has 3 nitrogen and oxygen atoms in total. The molecule has 0 aliphatic heterocycles. The highest BCUT2D eigenvalue weighted by molar-refractivity contribution is 5.70. The van der Waals surface area contributed by atoms with Crippen molar-refractivity contribution in [2.24, 2.45) is 23.2 Å². The van der Waals surface area contributed by atoms with Crippen LogP contribution in [0, 0.1) is 34.5 Å². The SMILES string of the molecule is C[C@H](OC(=O)C[C@H]1C[C@H]2CC[C@H]1C2)C(C)(C)C#N. The predicted molar refractivity (Wildman–Crippen MR) is 68.5 cm³/mol. The number of hydrogen-bond acceptors (Lipinski definition) is 3. The number of esters is 1. The van der Waals surface area contributed by atoms with Gasteiger partial charge in [-0.05, 0) is 57.8 Å². The fourth-order valence-electron chi connectivity index (χ4n) is 3.32. The van der Waals surface area contributed by atoms with Crippen molar-refractivity contribution < 1.29 is 9.53 Å². The Morgan fingerprint density at radius 3 is 2.67 bits per heavy atom. The van der Waals surface area contributed by atoms with Gasteiger partial charge in [-0.1, -0.05) is 6.42 Å². The number of rotatable bonds is 4. The van der Waals surface area contributed by atoms with E-state index in [0.717, 1.165) is 11.8 Å². The first-order valence-electron chi connectivity index (χ1n) is 7.03. The maximum Gasteiger partial charge on any atom is 0.306 e. The summed E-state index contributed by atoms with van der Waals surface area (Å²) in [6.45, 7) is 5.42. The third-order valence-electron chi connectivity index (χ3n) is 4.93. The number of ether oxygens (including phenoxy) is 1. The van der Waals surface area contributed by atoms with Crippen molar-refractivity contribution in [1.29, 1.82) is 5.26 Å². The van der Waals surface area contributed by atoms with E-state index in [4.69, 9.17) is 10.00 Å². The molecular formula is C15H23NO2. The van der Waals surface area contributed by atoms with Crippen molar-refractivity contribution in [3.63, 3.8) is 0 Å². The van der Waals surface area contributed by atoms with Crippen LogP contribution in [0.2, 0.25) is 0 Å². The van der Waals surface area contributed by atoms with Gasteiger partial charge in [-0.3, -0.25) is 4.79 Å². The molecule has 0 radical (unpaired) electrons. The van der Waals surface area contributed by atoms with Gasteiger partial charge < -0.3 is 4.74 Å². The summed E-state index contributed by atoms with van der Waals surface area (Å²) >= 11 is 0. The molecule has 4 atom stereocenters. The summed E-state index contributed by atoms with van der Waals surface area (Å²) in [4.78, 5) is 11.9. The summed E-state index contributed by atoms with van der Waals surface area (Å²) in [6, 6.07) is 2.19. The third kappa shape index (κ3) is 2.68. The molecule has 2 aliphatic carbocycles. The van der Waals surface area contributed by atoms with Gasteiger partial charge in [-0.25, -0.2) is 0 Å². The first-order chi connectivity index (χ1) is 8.42.